The summed E-state index contributed by atoms with van der Waals surface area (Å²) in [4.78, 5) is 16.7. The van der Waals surface area contributed by atoms with Gasteiger partial charge in [0.1, 0.15) is 11.9 Å². The van der Waals surface area contributed by atoms with Crippen molar-refractivity contribution in [3.05, 3.63) is 59.0 Å². The summed E-state index contributed by atoms with van der Waals surface area (Å²) in [6, 6.07) is 3.57. The molecule has 0 N–H and O–H groups in total. The maximum absolute atomic E-state index is 13.8. The number of ether oxygens (including phenoxy) is 2. The van der Waals surface area contributed by atoms with E-state index in [-0.39, 0.29) is 23.5 Å². The van der Waals surface area contributed by atoms with Crippen LogP contribution in [0.1, 0.15) is 34.1 Å². The van der Waals surface area contributed by atoms with Crippen molar-refractivity contribution in [2.45, 2.75) is 19.4 Å². The lowest BCUT2D eigenvalue weighted by atomic mass is 10.0. The third-order valence-electron chi connectivity index (χ3n) is 4.14. The third-order valence-corrected chi connectivity index (χ3v) is 4.14. The number of carbonyl (C=O) groups is 1. The number of aryl methyl sites for hydroxylation is 1. The highest BCUT2D eigenvalue weighted by atomic mass is 19.1. The molecule has 6 nitrogen and oxygen atoms in total. The molecule has 0 saturated heterocycles. The fraction of sp³-hybridized carbons (Fsp3) is 0.235. The zero-order chi connectivity index (χ0) is 17.6. The van der Waals surface area contributed by atoms with E-state index < -0.39 is 23.7 Å². The van der Waals surface area contributed by atoms with Crippen LogP contribution in [-0.4, -0.2) is 27.2 Å². The summed E-state index contributed by atoms with van der Waals surface area (Å²) < 4.78 is 39.6. The van der Waals surface area contributed by atoms with E-state index in [9.17, 15) is 13.6 Å². The van der Waals surface area contributed by atoms with Crippen LogP contribution < -0.4 is 4.74 Å². The van der Waals surface area contributed by atoms with Crippen LogP contribution in [0.25, 0.3) is 5.65 Å². The largest absolute Gasteiger partial charge is 0.490 e. The number of esters is 1. The summed E-state index contributed by atoms with van der Waals surface area (Å²) >= 11 is 0. The quantitative estimate of drug-likeness (QED) is 0.668. The highest BCUT2D eigenvalue weighted by Gasteiger charge is 2.29. The van der Waals surface area contributed by atoms with Crippen LogP contribution in [0.4, 0.5) is 8.78 Å². The summed E-state index contributed by atoms with van der Waals surface area (Å²) in [5.74, 6) is -2.28. The Labute approximate surface area is 141 Å². The molecule has 0 radical (unpaired) electrons. The van der Waals surface area contributed by atoms with Crippen molar-refractivity contribution in [3.63, 3.8) is 0 Å². The Morgan fingerprint density at radius 3 is 3.08 bits per heavy atom. The lowest BCUT2D eigenvalue weighted by Crippen LogP contribution is -2.21. The monoisotopic (exact) mass is 345 g/mol. The van der Waals surface area contributed by atoms with Crippen LogP contribution in [0.15, 0.2) is 30.6 Å². The van der Waals surface area contributed by atoms with Gasteiger partial charge in [0.2, 0.25) is 0 Å². The first kappa shape index (κ1) is 15.5. The van der Waals surface area contributed by atoms with Crippen LogP contribution in [0.2, 0.25) is 0 Å². The van der Waals surface area contributed by atoms with Gasteiger partial charge in [0.15, 0.2) is 17.2 Å². The van der Waals surface area contributed by atoms with Crippen molar-refractivity contribution in [1.82, 2.24) is 14.6 Å². The molecule has 0 spiro atoms. The van der Waals surface area contributed by atoms with Gasteiger partial charge in [-0.25, -0.2) is 23.1 Å². The molecule has 0 saturated carbocycles. The number of rotatable bonds is 2. The van der Waals surface area contributed by atoms with E-state index in [1.807, 2.05) is 0 Å². The molecule has 1 aliphatic rings. The smallest absolute Gasteiger partial charge is 0.342 e. The molecule has 4 rings (SSSR count). The fourth-order valence-electron chi connectivity index (χ4n) is 2.90. The van der Waals surface area contributed by atoms with Gasteiger partial charge in [-0.15, -0.1) is 0 Å². The van der Waals surface area contributed by atoms with Crippen molar-refractivity contribution in [2.24, 2.45) is 0 Å². The Hall–Kier alpha value is -3.03. The van der Waals surface area contributed by atoms with Crippen molar-refractivity contribution >= 4 is 11.6 Å². The molecule has 1 aromatic carbocycles. The first-order valence-corrected chi connectivity index (χ1v) is 7.66. The number of nitrogens with zero attached hydrogens (tertiary/aromatic N) is 3. The second-order valence-corrected chi connectivity index (χ2v) is 5.70. The second kappa shape index (κ2) is 5.80. The number of carbonyl (C=O) groups excluding carboxylic acids is 1. The predicted molar refractivity (Wildman–Crippen MR) is 82.4 cm³/mol. The molecule has 1 atom stereocenters. The Morgan fingerprint density at radius 1 is 1.40 bits per heavy atom. The molecule has 1 unspecified atom stereocenters. The summed E-state index contributed by atoms with van der Waals surface area (Å²) in [5, 5.41) is 4.09. The lowest BCUT2D eigenvalue weighted by Gasteiger charge is -2.26. The minimum atomic E-state index is -0.813. The van der Waals surface area contributed by atoms with Gasteiger partial charge in [-0.05, 0) is 13.0 Å². The fourth-order valence-corrected chi connectivity index (χ4v) is 2.90. The Balaban J connectivity index is 1.67. The lowest BCUT2D eigenvalue weighted by molar-refractivity contribution is 0.0184. The van der Waals surface area contributed by atoms with Crippen molar-refractivity contribution in [2.75, 3.05) is 6.61 Å². The van der Waals surface area contributed by atoms with E-state index in [1.165, 1.54) is 10.7 Å². The van der Waals surface area contributed by atoms with Crippen LogP contribution >= 0.6 is 0 Å². The van der Waals surface area contributed by atoms with E-state index in [1.54, 1.807) is 19.2 Å². The van der Waals surface area contributed by atoms with Crippen LogP contribution in [0.5, 0.6) is 5.75 Å². The van der Waals surface area contributed by atoms with Gasteiger partial charge in [-0.1, -0.05) is 0 Å². The summed E-state index contributed by atoms with van der Waals surface area (Å²) in [6.07, 6.45) is 2.48. The topological polar surface area (TPSA) is 65.7 Å². The number of halogens is 2. The third kappa shape index (κ3) is 2.59. The Morgan fingerprint density at radius 2 is 2.24 bits per heavy atom. The molecule has 0 fully saturated rings. The standard InChI is InChI=1S/C17H13F2N3O3/c1-9-12(8-20-15-2-4-21-22(9)15)17(23)25-14-3-5-24-16-11(14)6-10(18)7-13(16)19/h2,4,6-8,14H,3,5H2,1H3. The molecule has 128 valence electrons. The number of benzene rings is 1. The highest BCUT2D eigenvalue weighted by Crippen LogP contribution is 2.37. The Kier molecular flexibility index (Phi) is 3.60. The maximum Gasteiger partial charge on any atom is 0.342 e. The molecular formula is C17H13F2N3O3. The zero-order valence-corrected chi connectivity index (χ0v) is 13.2. The van der Waals surface area contributed by atoms with Gasteiger partial charge < -0.3 is 9.47 Å². The summed E-state index contributed by atoms with van der Waals surface area (Å²) in [7, 11) is 0. The SMILES string of the molecule is Cc1c(C(=O)OC2CCOc3c(F)cc(F)cc32)cnc2ccnn12. The van der Waals surface area contributed by atoms with Gasteiger partial charge >= 0.3 is 5.97 Å². The molecule has 3 aromatic rings. The number of fused-ring (bicyclic) bond motifs is 2. The van der Waals surface area contributed by atoms with Gasteiger partial charge in [0.05, 0.1) is 24.1 Å². The van der Waals surface area contributed by atoms with Crippen molar-refractivity contribution in [1.29, 1.82) is 0 Å². The molecule has 1 aliphatic heterocycles. The van der Waals surface area contributed by atoms with Crippen molar-refractivity contribution < 1.29 is 23.0 Å². The molecule has 0 bridgehead atoms. The molecule has 0 amide bonds. The normalized spacial score (nSPS) is 16.4. The summed E-state index contributed by atoms with van der Waals surface area (Å²) in [5.41, 5.74) is 1.59. The first-order chi connectivity index (χ1) is 12.0. The molecule has 0 aliphatic carbocycles. The number of hydrogen-bond acceptors (Lipinski definition) is 5. The molecule has 3 heterocycles. The first-order valence-electron chi connectivity index (χ1n) is 7.66. The predicted octanol–water partition coefficient (Wildman–Crippen LogP) is 3.00. The average molecular weight is 345 g/mol. The number of aromatic nitrogens is 3. The van der Waals surface area contributed by atoms with Crippen LogP contribution in [0, 0.1) is 18.6 Å². The molecule has 2 aromatic heterocycles. The number of hydrogen-bond donors (Lipinski definition) is 0. The van der Waals surface area contributed by atoms with E-state index in [2.05, 4.69) is 10.1 Å². The van der Waals surface area contributed by atoms with E-state index in [4.69, 9.17) is 9.47 Å². The van der Waals surface area contributed by atoms with Gasteiger partial charge in [-0.2, -0.15) is 5.10 Å². The van der Waals surface area contributed by atoms with Crippen LogP contribution in [0.3, 0.4) is 0 Å². The van der Waals surface area contributed by atoms with Gasteiger partial charge in [0.25, 0.3) is 0 Å². The molecule has 25 heavy (non-hydrogen) atoms. The van der Waals surface area contributed by atoms with E-state index >= 15 is 0 Å². The average Bonchev–Trinajstić information content (AvgIpc) is 3.05. The highest BCUT2D eigenvalue weighted by molar-refractivity contribution is 5.90. The van der Waals surface area contributed by atoms with Gasteiger partial charge in [-0.3, -0.25) is 0 Å². The molecule has 8 heteroatoms. The maximum atomic E-state index is 13.8. The zero-order valence-electron chi connectivity index (χ0n) is 13.2. The van der Waals surface area contributed by atoms with Gasteiger partial charge in [0, 0.05) is 30.3 Å². The second-order valence-electron chi connectivity index (χ2n) is 5.70. The molecular weight excluding hydrogens is 332 g/mol. The Bertz CT molecular complexity index is 987. The van der Waals surface area contributed by atoms with E-state index in [0.29, 0.717) is 17.8 Å². The van der Waals surface area contributed by atoms with Crippen molar-refractivity contribution in [3.8, 4) is 5.75 Å². The minimum Gasteiger partial charge on any atom is -0.490 e. The minimum absolute atomic E-state index is 0.0807. The van der Waals surface area contributed by atoms with E-state index in [0.717, 1.165) is 12.1 Å². The van der Waals surface area contributed by atoms with Crippen LogP contribution in [-0.2, 0) is 4.74 Å². The summed E-state index contributed by atoms with van der Waals surface area (Å²) in [6.45, 7) is 1.89.